The normalized spacial score (nSPS) is 11.0. The Morgan fingerprint density at radius 1 is 0.388 bits per heavy atom. The van der Waals surface area contributed by atoms with E-state index >= 15 is 0 Å². The van der Waals surface area contributed by atoms with Crippen molar-refractivity contribution in [2.24, 2.45) is 0 Å². The molecular weight excluding hydrogens is 1270 g/mol. The Balaban J connectivity index is 0.000000500. The monoisotopic (exact) mass is 1350 g/mol. The lowest BCUT2D eigenvalue weighted by Gasteiger charge is -2.24. The van der Waals surface area contributed by atoms with Crippen molar-refractivity contribution in [1.82, 2.24) is 0 Å². The molecule has 80 heavy (non-hydrogen) atoms. The van der Waals surface area contributed by atoms with E-state index in [0.29, 0.717) is 76.8 Å². The number of carbonyl (C=O) groups is 5. The highest BCUT2D eigenvalue weighted by molar-refractivity contribution is 14.1. The first-order valence-electron chi connectivity index (χ1n) is 25.4. The standard InChI is InChI=1S/C12H15BrO3.3C12H15ClO3.C12H15IO3/c2*1-4-15-11(14)12(2,3)16-10-7-5-9(13)6-8-10;1-4-15-11(14)12(2,3)16-10-7-5-6-9(13)8-10;1-4-15-11(14)12(2,3)16-10-8-6-5-7-9(10)13;1-4-15-11(14)12(2,3)16-10-7-5-9(13)6-8-10/h5*5-8H,4H2,1-3H3. The maximum Gasteiger partial charge on any atom is 0.349 e. The predicted molar refractivity (Wildman–Crippen MR) is 324 cm³/mol. The van der Waals surface area contributed by atoms with Gasteiger partial charge in [0.05, 0.1) is 38.1 Å². The van der Waals surface area contributed by atoms with Gasteiger partial charge in [-0.15, -0.1) is 0 Å². The molecule has 0 N–H and O–H groups in total. The molecule has 20 heteroatoms. The summed E-state index contributed by atoms with van der Waals surface area (Å²) in [6.07, 6.45) is 0. The lowest BCUT2D eigenvalue weighted by Crippen LogP contribution is -2.39. The van der Waals surface area contributed by atoms with E-state index in [9.17, 15) is 24.0 Å². The minimum Gasteiger partial charge on any atom is -0.476 e. The Morgan fingerprint density at radius 2 is 0.700 bits per heavy atom. The van der Waals surface area contributed by atoms with E-state index in [0.717, 1.165) is 8.04 Å². The molecule has 5 aromatic carbocycles. The predicted octanol–water partition coefficient (Wildman–Crippen LogP) is 15.4. The number of benzene rings is 5. The van der Waals surface area contributed by atoms with E-state index in [1.165, 1.54) is 0 Å². The van der Waals surface area contributed by atoms with Crippen LogP contribution in [0.4, 0.5) is 0 Å². The van der Waals surface area contributed by atoms with E-state index < -0.39 is 39.9 Å². The molecule has 0 aliphatic carbocycles. The molecule has 0 aromatic heterocycles. The van der Waals surface area contributed by atoms with Crippen LogP contribution in [0.25, 0.3) is 0 Å². The van der Waals surface area contributed by atoms with Gasteiger partial charge in [0.25, 0.3) is 0 Å². The van der Waals surface area contributed by atoms with Gasteiger partial charge in [-0.05, 0) is 230 Å². The summed E-state index contributed by atoms with van der Waals surface area (Å²) in [6.45, 7) is 27.2. The molecule has 440 valence electrons. The Morgan fingerprint density at radius 3 is 1.04 bits per heavy atom. The van der Waals surface area contributed by atoms with Crippen LogP contribution in [0.3, 0.4) is 0 Å². The summed E-state index contributed by atoms with van der Waals surface area (Å²) in [5.41, 5.74) is -4.97. The quantitative estimate of drug-likeness (QED) is 0.0408. The van der Waals surface area contributed by atoms with E-state index in [-0.39, 0.29) is 17.9 Å². The molecule has 0 atom stereocenters. The molecule has 5 rings (SSSR count). The van der Waals surface area contributed by atoms with Gasteiger partial charge >= 0.3 is 29.8 Å². The van der Waals surface area contributed by atoms with Crippen molar-refractivity contribution in [3.63, 3.8) is 0 Å². The molecule has 0 saturated heterocycles. The van der Waals surface area contributed by atoms with Gasteiger partial charge in [-0.25, -0.2) is 24.0 Å². The highest BCUT2D eigenvalue weighted by Crippen LogP contribution is 2.29. The molecule has 0 fully saturated rings. The summed E-state index contributed by atoms with van der Waals surface area (Å²) in [7, 11) is 0. The van der Waals surface area contributed by atoms with Crippen LogP contribution in [-0.2, 0) is 47.7 Å². The zero-order valence-electron chi connectivity index (χ0n) is 48.1. The lowest BCUT2D eigenvalue weighted by atomic mass is 10.1. The summed E-state index contributed by atoms with van der Waals surface area (Å²) < 4.78 is 54.5. The maximum atomic E-state index is 11.6. The van der Waals surface area contributed by atoms with Crippen LogP contribution in [0.2, 0.25) is 15.1 Å². The third-order valence-corrected chi connectivity index (χ3v) is 11.8. The second-order valence-electron chi connectivity index (χ2n) is 18.9. The van der Waals surface area contributed by atoms with Crippen molar-refractivity contribution < 1.29 is 71.3 Å². The molecule has 0 radical (unpaired) electrons. The Bertz CT molecular complexity index is 2510. The number of halogens is 5. The Kier molecular flexibility index (Phi) is 32.1. The smallest absolute Gasteiger partial charge is 0.349 e. The third-order valence-electron chi connectivity index (χ3n) is 9.77. The molecule has 15 nitrogen and oxygen atoms in total. The fourth-order valence-corrected chi connectivity index (χ4v) is 6.86. The first-order chi connectivity index (χ1) is 37.3. The van der Waals surface area contributed by atoms with Crippen LogP contribution in [-0.4, -0.2) is 90.9 Å². The first-order valence-corrected chi connectivity index (χ1v) is 28.4. The van der Waals surface area contributed by atoms with Crippen LogP contribution in [0.15, 0.2) is 126 Å². The molecule has 0 unspecified atom stereocenters. The van der Waals surface area contributed by atoms with E-state index in [2.05, 4.69) is 38.5 Å². The van der Waals surface area contributed by atoms with Crippen molar-refractivity contribution in [3.8, 4) is 28.7 Å². The van der Waals surface area contributed by atoms with Gasteiger partial charge in [0, 0.05) is 18.1 Å². The Hall–Kier alpha value is -5.47. The molecule has 5 aromatic rings. The molecule has 0 aliphatic rings. The largest absolute Gasteiger partial charge is 0.476 e. The summed E-state index contributed by atoms with van der Waals surface area (Å²) in [5.74, 6) is 1.01. The highest BCUT2D eigenvalue weighted by atomic mass is 127. The number of esters is 5. The van der Waals surface area contributed by atoms with E-state index in [1.54, 1.807) is 189 Å². The fraction of sp³-hybridized carbons (Fsp3) is 0.417. The van der Waals surface area contributed by atoms with Gasteiger partial charge < -0.3 is 47.4 Å². The topological polar surface area (TPSA) is 178 Å². The van der Waals surface area contributed by atoms with Gasteiger partial charge in [-0.1, -0.05) is 68.9 Å². The van der Waals surface area contributed by atoms with Crippen LogP contribution < -0.4 is 23.7 Å². The van der Waals surface area contributed by atoms with Gasteiger partial charge in [-0.3, -0.25) is 0 Å². The Labute approximate surface area is 509 Å². The third kappa shape index (κ3) is 27.8. The maximum absolute atomic E-state index is 11.6. The molecule has 0 aliphatic heterocycles. The summed E-state index contributed by atoms with van der Waals surface area (Å²) >= 11 is 23.0. The molecule has 0 saturated carbocycles. The van der Waals surface area contributed by atoms with Gasteiger partial charge in [0.1, 0.15) is 28.7 Å². The molecule has 0 bridgehead atoms. The average molecular weight is 1350 g/mol. The van der Waals surface area contributed by atoms with Gasteiger partial charge in [0.2, 0.25) is 0 Å². The number of carbonyl (C=O) groups excluding carboxylic acids is 5. The van der Waals surface area contributed by atoms with Gasteiger partial charge in [-0.2, -0.15) is 0 Å². The molecule has 0 spiro atoms. The number of hydrogen-bond acceptors (Lipinski definition) is 15. The minimum atomic E-state index is -1.04. The van der Waals surface area contributed by atoms with E-state index in [4.69, 9.17) is 82.2 Å². The summed E-state index contributed by atoms with van der Waals surface area (Å²) in [5, 5.41) is 1.67. The lowest BCUT2D eigenvalue weighted by molar-refractivity contribution is -0.159. The number of para-hydroxylation sites is 1. The number of rotatable bonds is 20. The van der Waals surface area contributed by atoms with Crippen molar-refractivity contribution in [3.05, 3.63) is 144 Å². The van der Waals surface area contributed by atoms with Crippen molar-refractivity contribution in [2.75, 3.05) is 33.0 Å². The first kappa shape index (κ1) is 72.5. The fourth-order valence-electron chi connectivity index (χ4n) is 5.75. The van der Waals surface area contributed by atoms with Crippen molar-refractivity contribution >= 4 is 103 Å². The summed E-state index contributed by atoms with van der Waals surface area (Å²) in [6, 6.07) is 35.6. The average Bonchev–Trinajstić information content (AvgIpc) is 3.38. The zero-order valence-corrected chi connectivity index (χ0v) is 54.1. The van der Waals surface area contributed by atoms with Gasteiger partial charge in [0.15, 0.2) is 28.0 Å². The van der Waals surface area contributed by atoms with Crippen LogP contribution >= 0.6 is 73.3 Å². The second kappa shape index (κ2) is 35.4. The number of ether oxygens (including phenoxy) is 10. The number of hydrogen-bond donors (Lipinski definition) is 0. The summed E-state index contributed by atoms with van der Waals surface area (Å²) in [4.78, 5) is 57.9. The van der Waals surface area contributed by atoms with Crippen LogP contribution in [0, 0.1) is 3.57 Å². The molecule has 0 heterocycles. The van der Waals surface area contributed by atoms with Crippen LogP contribution in [0.5, 0.6) is 28.7 Å². The molecule has 0 amide bonds. The zero-order chi connectivity index (χ0) is 60.9. The second-order valence-corrected chi connectivity index (χ2v) is 22.4. The van der Waals surface area contributed by atoms with Crippen LogP contribution in [0.1, 0.15) is 104 Å². The SMILES string of the molecule is CCOC(=O)C(C)(C)Oc1ccc(Br)cc1.CCOC(=O)C(C)(C)Oc1ccc(Cl)cc1.CCOC(=O)C(C)(C)Oc1ccc(I)cc1.CCOC(=O)C(C)(C)Oc1cccc(Cl)c1.CCOC(=O)C(C)(C)Oc1ccccc1Cl. The minimum absolute atomic E-state index is 0.328. The molecular formula is C60H75BrCl3IO15. The van der Waals surface area contributed by atoms with Crippen molar-refractivity contribution in [1.29, 1.82) is 0 Å². The van der Waals surface area contributed by atoms with Crippen molar-refractivity contribution in [2.45, 2.75) is 132 Å². The van der Waals surface area contributed by atoms with E-state index in [1.807, 2.05) is 36.4 Å². The highest BCUT2D eigenvalue weighted by Gasteiger charge is 2.35.